The van der Waals surface area contributed by atoms with Gasteiger partial charge in [-0.3, -0.25) is 4.90 Å². The predicted molar refractivity (Wildman–Crippen MR) is 78.1 cm³/mol. The number of imidazole rings is 1. The Morgan fingerprint density at radius 3 is 3.11 bits per heavy atom. The number of nitrogens with zero attached hydrogens (tertiary/aromatic N) is 3. The van der Waals surface area contributed by atoms with Crippen LogP contribution in [0.1, 0.15) is 35.1 Å². The molecule has 5 heteroatoms. The molecule has 0 radical (unpaired) electrons. The molecule has 0 spiro atoms. The summed E-state index contributed by atoms with van der Waals surface area (Å²) in [5, 5.41) is 2.20. The molecular formula is C14H20N4S. The number of thiophene rings is 1. The summed E-state index contributed by atoms with van der Waals surface area (Å²) in [6.07, 6.45) is 4.92. The highest BCUT2D eigenvalue weighted by Crippen LogP contribution is 2.37. The number of hydrogen-bond donors (Lipinski definition) is 1. The molecule has 1 aliphatic heterocycles. The molecular weight excluding hydrogens is 256 g/mol. The van der Waals surface area contributed by atoms with Gasteiger partial charge in [0.05, 0.1) is 18.1 Å². The maximum Gasteiger partial charge on any atom is 0.0946 e. The van der Waals surface area contributed by atoms with Gasteiger partial charge in [0.2, 0.25) is 0 Å². The van der Waals surface area contributed by atoms with Crippen LogP contribution in [0.5, 0.6) is 0 Å². The van der Waals surface area contributed by atoms with Crippen LogP contribution in [0.25, 0.3) is 0 Å². The van der Waals surface area contributed by atoms with Crippen LogP contribution in [0.15, 0.2) is 24.0 Å². The van der Waals surface area contributed by atoms with Crippen LogP contribution in [-0.4, -0.2) is 27.5 Å². The van der Waals surface area contributed by atoms with E-state index in [0.717, 1.165) is 13.0 Å². The van der Waals surface area contributed by atoms with Crippen LogP contribution in [0, 0.1) is 0 Å². The molecule has 3 rings (SSSR count). The van der Waals surface area contributed by atoms with Crippen molar-refractivity contribution in [2.24, 2.45) is 12.8 Å². The van der Waals surface area contributed by atoms with Crippen molar-refractivity contribution in [2.75, 3.05) is 13.1 Å². The number of aryl methyl sites for hydroxylation is 1. The van der Waals surface area contributed by atoms with E-state index in [1.54, 1.807) is 0 Å². The zero-order valence-corrected chi connectivity index (χ0v) is 12.2. The lowest BCUT2D eigenvalue weighted by Crippen LogP contribution is -2.40. The highest BCUT2D eigenvalue weighted by Gasteiger charge is 2.31. The lowest BCUT2D eigenvalue weighted by Gasteiger charge is -2.39. The van der Waals surface area contributed by atoms with Gasteiger partial charge in [0.15, 0.2) is 0 Å². The first-order valence-electron chi connectivity index (χ1n) is 6.70. The van der Waals surface area contributed by atoms with Gasteiger partial charge in [0.1, 0.15) is 0 Å². The summed E-state index contributed by atoms with van der Waals surface area (Å²) in [5.41, 5.74) is 8.71. The monoisotopic (exact) mass is 276 g/mol. The first-order valence-corrected chi connectivity index (χ1v) is 7.58. The highest BCUT2D eigenvalue weighted by molar-refractivity contribution is 7.10. The minimum atomic E-state index is 0.246. The zero-order valence-electron chi connectivity index (χ0n) is 11.4. The molecule has 0 amide bonds. The molecule has 0 saturated heterocycles. The third-order valence-corrected chi connectivity index (χ3v) is 5.14. The summed E-state index contributed by atoms with van der Waals surface area (Å²) < 4.78 is 2.08. The lowest BCUT2D eigenvalue weighted by molar-refractivity contribution is 0.134. The molecule has 2 unspecified atom stereocenters. The number of fused-ring (bicyclic) bond motifs is 1. The fourth-order valence-electron chi connectivity index (χ4n) is 3.07. The Hall–Kier alpha value is -1.17. The summed E-state index contributed by atoms with van der Waals surface area (Å²) in [5.74, 6) is 0. The molecule has 19 heavy (non-hydrogen) atoms. The van der Waals surface area contributed by atoms with E-state index in [-0.39, 0.29) is 6.04 Å². The van der Waals surface area contributed by atoms with Gasteiger partial charge >= 0.3 is 0 Å². The van der Waals surface area contributed by atoms with Gasteiger partial charge in [-0.25, -0.2) is 4.98 Å². The molecule has 0 saturated carbocycles. The molecule has 0 aliphatic carbocycles. The fraction of sp³-hybridized carbons (Fsp3) is 0.500. The van der Waals surface area contributed by atoms with Crippen LogP contribution in [0.2, 0.25) is 0 Å². The van der Waals surface area contributed by atoms with Crippen molar-refractivity contribution >= 4 is 11.3 Å². The summed E-state index contributed by atoms with van der Waals surface area (Å²) in [7, 11) is 2.04. The van der Waals surface area contributed by atoms with Crippen LogP contribution in [0.3, 0.4) is 0 Å². The first kappa shape index (κ1) is 12.8. The second-order valence-electron chi connectivity index (χ2n) is 5.14. The van der Waals surface area contributed by atoms with Gasteiger partial charge in [-0.05, 0) is 30.4 Å². The number of aromatic nitrogens is 2. The van der Waals surface area contributed by atoms with E-state index in [1.165, 1.54) is 16.1 Å². The molecule has 1 aliphatic rings. The first-order chi connectivity index (χ1) is 9.22. The van der Waals surface area contributed by atoms with Gasteiger partial charge in [-0.2, -0.15) is 0 Å². The Balaban J connectivity index is 1.92. The maximum absolute atomic E-state index is 6.04. The van der Waals surface area contributed by atoms with Gasteiger partial charge in [-0.1, -0.05) is 0 Å². The molecule has 0 aromatic carbocycles. The molecule has 2 N–H and O–H groups in total. The van der Waals surface area contributed by atoms with Crippen LogP contribution in [-0.2, 0) is 13.5 Å². The quantitative estimate of drug-likeness (QED) is 0.934. The van der Waals surface area contributed by atoms with E-state index in [2.05, 4.69) is 32.8 Å². The van der Waals surface area contributed by atoms with Crippen molar-refractivity contribution < 1.29 is 0 Å². The van der Waals surface area contributed by atoms with Gasteiger partial charge in [-0.15, -0.1) is 11.3 Å². The Labute approximate surface area is 117 Å². The van der Waals surface area contributed by atoms with Crippen molar-refractivity contribution in [2.45, 2.75) is 25.4 Å². The van der Waals surface area contributed by atoms with Crippen LogP contribution >= 0.6 is 11.3 Å². The van der Waals surface area contributed by atoms with Gasteiger partial charge in [0.25, 0.3) is 0 Å². The van der Waals surface area contributed by atoms with E-state index in [1.807, 2.05) is 30.9 Å². The smallest absolute Gasteiger partial charge is 0.0946 e. The summed E-state index contributed by atoms with van der Waals surface area (Å²) in [6, 6.07) is 2.93. The van der Waals surface area contributed by atoms with E-state index in [4.69, 9.17) is 5.73 Å². The Bertz CT molecular complexity index is 559. The average Bonchev–Trinajstić information content (AvgIpc) is 3.03. The van der Waals surface area contributed by atoms with Crippen LogP contribution < -0.4 is 5.73 Å². The van der Waals surface area contributed by atoms with Crippen molar-refractivity contribution in [1.29, 1.82) is 0 Å². The third kappa shape index (κ3) is 2.12. The van der Waals surface area contributed by atoms with Crippen molar-refractivity contribution in [3.05, 3.63) is 40.1 Å². The summed E-state index contributed by atoms with van der Waals surface area (Å²) in [4.78, 5) is 8.27. The largest absolute Gasteiger partial charge is 0.336 e. The summed E-state index contributed by atoms with van der Waals surface area (Å²) in [6.45, 7) is 3.98. The minimum absolute atomic E-state index is 0.246. The standard InChI is InChI=1S/C14H20N4S/c1-10-11-4-6-19-14(11)3-5-18(10)12(7-15)13-8-16-9-17(13)2/h4,6,8-10,12H,3,5,7,15H2,1-2H3. The zero-order chi connectivity index (χ0) is 13.4. The van der Waals surface area contributed by atoms with Crippen molar-refractivity contribution in [3.63, 3.8) is 0 Å². The normalized spacial score (nSPS) is 21.3. The second kappa shape index (κ2) is 5.07. The third-order valence-electron chi connectivity index (χ3n) is 4.14. The molecule has 2 aromatic heterocycles. The highest BCUT2D eigenvalue weighted by atomic mass is 32.1. The Morgan fingerprint density at radius 1 is 1.58 bits per heavy atom. The minimum Gasteiger partial charge on any atom is -0.336 e. The Kier molecular flexibility index (Phi) is 3.43. The molecule has 2 atom stereocenters. The predicted octanol–water partition coefficient (Wildman–Crippen LogP) is 2.10. The van der Waals surface area contributed by atoms with E-state index < -0.39 is 0 Å². The fourth-order valence-corrected chi connectivity index (χ4v) is 4.03. The topological polar surface area (TPSA) is 47.1 Å². The maximum atomic E-state index is 6.04. The van der Waals surface area contributed by atoms with Crippen molar-refractivity contribution in [1.82, 2.24) is 14.5 Å². The van der Waals surface area contributed by atoms with Gasteiger partial charge < -0.3 is 10.3 Å². The molecule has 4 nitrogen and oxygen atoms in total. The SMILES string of the molecule is CC1c2ccsc2CCN1C(CN)c1cncn1C. The van der Waals surface area contributed by atoms with Gasteiger partial charge in [0, 0.05) is 37.3 Å². The number of nitrogens with two attached hydrogens (primary N) is 1. The number of hydrogen-bond acceptors (Lipinski definition) is 4. The van der Waals surface area contributed by atoms with E-state index >= 15 is 0 Å². The molecule has 0 bridgehead atoms. The lowest BCUT2D eigenvalue weighted by atomic mass is 9.98. The Morgan fingerprint density at radius 2 is 2.42 bits per heavy atom. The molecule has 2 aromatic rings. The molecule has 3 heterocycles. The molecule has 0 fully saturated rings. The second-order valence-corrected chi connectivity index (χ2v) is 6.14. The van der Waals surface area contributed by atoms with Crippen molar-refractivity contribution in [3.8, 4) is 0 Å². The van der Waals surface area contributed by atoms with E-state index in [9.17, 15) is 0 Å². The molecule has 102 valence electrons. The number of rotatable bonds is 3. The van der Waals surface area contributed by atoms with E-state index in [0.29, 0.717) is 12.6 Å². The summed E-state index contributed by atoms with van der Waals surface area (Å²) >= 11 is 1.88. The van der Waals surface area contributed by atoms with Crippen LogP contribution in [0.4, 0.5) is 0 Å². The average molecular weight is 276 g/mol.